The summed E-state index contributed by atoms with van der Waals surface area (Å²) in [5.74, 6) is 0.581. The predicted octanol–water partition coefficient (Wildman–Crippen LogP) is 0.610. The van der Waals surface area contributed by atoms with Gasteiger partial charge in [-0.3, -0.25) is 4.79 Å². The number of hydrogen-bond acceptors (Lipinski definition) is 3. The van der Waals surface area contributed by atoms with Crippen LogP contribution in [0, 0.1) is 5.92 Å². The molecule has 0 spiro atoms. The van der Waals surface area contributed by atoms with Gasteiger partial charge >= 0.3 is 0 Å². The molecule has 1 amide bonds. The highest BCUT2D eigenvalue weighted by atomic mass is 16.5. The van der Waals surface area contributed by atoms with E-state index < -0.39 is 0 Å². The van der Waals surface area contributed by atoms with Crippen LogP contribution in [0.15, 0.2) is 0 Å². The highest BCUT2D eigenvalue weighted by Crippen LogP contribution is 2.15. The van der Waals surface area contributed by atoms with E-state index in [0.717, 1.165) is 32.5 Å². The van der Waals surface area contributed by atoms with Crippen molar-refractivity contribution < 1.29 is 9.53 Å². The molecule has 15 heavy (non-hydrogen) atoms. The number of hydrogen-bond donors (Lipinski definition) is 1. The van der Waals surface area contributed by atoms with Gasteiger partial charge in [0, 0.05) is 26.1 Å². The lowest BCUT2D eigenvalue weighted by molar-refractivity contribution is -0.128. The molecule has 0 aromatic rings. The summed E-state index contributed by atoms with van der Waals surface area (Å²) < 4.78 is 5.43. The molecule has 4 heteroatoms. The number of nitrogens with zero attached hydrogens (tertiary/aromatic N) is 1. The van der Waals surface area contributed by atoms with E-state index in [1.807, 2.05) is 4.90 Å². The Morgan fingerprint density at radius 2 is 2.33 bits per heavy atom. The number of rotatable bonds is 7. The summed E-state index contributed by atoms with van der Waals surface area (Å²) in [6, 6.07) is 0. The Balaban J connectivity index is 2.08. The second-order valence-corrected chi connectivity index (χ2v) is 4.11. The van der Waals surface area contributed by atoms with Gasteiger partial charge in [-0.2, -0.15) is 0 Å². The van der Waals surface area contributed by atoms with Crippen LogP contribution in [0.4, 0.5) is 0 Å². The zero-order valence-electron chi connectivity index (χ0n) is 9.58. The molecular weight excluding hydrogens is 192 g/mol. The van der Waals surface area contributed by atoms with Crippen molar-refractivity contribution in [3.05, 3.63) is 0 Å². The maximum Gasteiger partial charge on any atom is 0.223 e. The molecule has 4 nitrogen and oxygen atoms in total. The largest absolute Gasteiger partial charge is 0.380 e. The van der Waals surface area contributed by atoms with Crippen LogP contribution in [0.5, 0.6) is 0 Å². The summed E-state index contributed by atoms with van der Waals surface area (Å²) in [4.78, 5) is 13.3. The molecule has 1 heterocycles. The van der Waals surface area contributed by atoms with Crippen molar-refractivity contribution in [2.45, 2.75) is 26.2 Å². The summed E-state index contributed by atoms with van der Waals surface area (Å²) in [5, 5.41) is 0. The SMILES string of the molecule is CCCCOCCN1CC(CN)CC1=O. The van der Waals surface area contributed by atoms with Crippen LogP contribution in [-0.2, 0) is 9.53 Å². The minimum Gasteiger partial charge on any atom is -0.380 e. The normalized spacial score (nSPS) is 21.3. The molecule has 0 aromatic carbocycles. The minimum atomic E-state index is 0.226. The molecule has 1 atom stereocenters. The van der Waals surface area contributed by atoms with Crippen molar-refractivity contribution in [3.8, 4) is 0 Å². The summed E-state index contributed by atoms with van der Waals surface area (Å²) in [6.45, 7) is 5.74. The van der Waals surface area contributed by atoms with Gasteiger partial charge in [-0.25, -0.2) is 0 Å². The van der Waals surface area contributed by atoms with Crippen LogP contribution in [0.1, 0.15) is 26.2 Å². The summed E-state index contributed by atoms with van der Waals surface area (Å²) in [5.41, 5.74) is 5.54. The first-order chi connectivity index (χ1) is 7.27. The van der Waals surface area contributed by atoms with E-state index in [1.165, 1.54) is 0 Å². The number of nitrogens with two attached hydrogens (primary N) is 1. The first-order valence-corrected chi connectivity index (χ1v) is 5.83. The average Bonchev–Trinajstić information content (AvgIpc) is 2.59. The Morgan fingerprint density at radius 3 is 2.93 bits per heavy atom. The Labute approximate surface area is 91.8 Å². The highest BCUT2D eigenvalue weighted by molar-refractivity contribution is 5.78. The van der Waals surface area contributed by atoms with Gasteiger partial charge < -0.3 is 15.4 Å². The predicted molar refractivity (Wildman–Crippen MR) is 59.5 cm³/mol. The fourth-order valence-corrected chi connectivity index (χ4v) is 1.75. The van der Waals surface area contributed by atoms with Gasteiger partial charge in [-0.15, -0.1) is 0 Å². The molecule has 0 aliphatic carbocycles. The third kappa shape index (κ3) is 4.18. The van der Waals surface area contributed by atoms with Gasteiger partial charge in [-0.05, 0) is 18.9 Å². The highest BCUT2D eigenvalue weighted by Gasteiger charge is 2.27. The maximum atomic E-state index is 11.5. The van der Waals surface area contributed by atoms with Gasteiger partial charge in [0.15, 0.2) is 0 Å². The summed E-state index contributed by atoms with van der Waals surface area (Å²) >= 11 is 0. The molecule has 1 fully saturated rings. The van der Waals surface area contributed by atoms with E-state index in [9.17, 15) is 4.79 Å². The molecule has 1 rings (SSSR count). The molecule has 88 valence electrons. The topological polar surface area (TPSA) is 55.6 Å². The lowest BCUT2D eigenvalue weighted by Crippen LogP contribution is -2.29. The number of carbonyl (C=O) groups excluding carboxylic acids is 1. The smallest absolute Gasteiger partial charge is 0.223 e. The first-order valence-electron chi connectivity index (χ1n) is 5.83. The van der Waals surface area contributed by atoms with E-state index in [4.69, 9.17) is 10.5 Å². The maximum absolute atomic E-state index is 11.5. The molecule has 0 radical (unpaired) electrons. The van der Waals surface area contributed by atoms with Crippen molar-refractivity contribution in [2.24, 2.45) is 11.7 Å². The zero-order valence-corrected chi connectivity index (χ0v) is 9.58. The molecule has 1 aliphatic rings. The molecule has 2 N–H and O–H groups in total. The minimum absolute atomic E-state index is 0.226. The van der Waals surface area contributed by atoms with Gasteiger partial charge in [-0.1, -0.05) is 13.3 Å². The number of ether oxygens (including phenoxy) is 1. The van der Waals surface area contributed by atoms with E-state index in [1.54, 1.807) is 0 Å². The van der Waals surface area contributed by atoms with Crippen LogP contribution >= 0.6 is 0 Å². The third-order valence-electron chi connectivity index (χ3n) is 2.78. The summed E-state index contributed by atoms with van der Waals surface area (Å²) in [6.07, 6.45) is 2.86. The fraction of sp³-hybridized carbons (Fsp3) is 0.909. The summed E-state index contributed by atoms with van der Waals surface area (Å²) in [7, 11) is 0. The molecule has 0 saturated carbocycles. The van der Waals surface area contributed by atoms with E-state index in [-0.39, 0.29) is 5.91 Å². The van der Waals surface area contributed by atoms with Crippen molar-refractivity contribution >= 4 is 5.91 Å². The number of carbonyl (C=O) groups is 1. The number of likely N-dealkylation sites (tertiary alicyclic amines) is 1. The Hall–Kier alpha value is -0.610. The Kier molecular flexibility index (Phi) is 5.65. The Bertz CT molecular complexity index is 197. The van der Waals surface area contributed by atoms with Gasteiger partial charge in [0.05, 0.1) is 6.61 Å². The number of unbranched alkanes of at least 4 members (excludes halogenated alkanes) is 1. The monoisotopic (exact) mass is 214 g/mol. The van der Waals surface area contributed by atoms with Crippen LogP contribution < -0.4 is 5.73 Å². The molecule has 1 aliphatic heterocycles. The van der Waals surface area contributed by atoms with Crippen molar-refractivity contribution in [1.29, 1.82) is 0 Å². The van der Waals surface area contributed by atoms with Crippen LogP contribution in [0.2, 0.25) is 0 Å². The van der Waals surface area contributed by atoms with E-state index in [2.05, 4.69) is 6.92 Å². The van der Waals surface area contributed by atoms with E-state index in [0.29, 0.717) is 25.5 Å². The molecule has 0 bridgehead atoms. The second-order valence-electron chi connectivity index (χ2n) is 4.11. The van der Waals surface area contributed by atoms with Crippen LogP contribution in [-0.4, -0.2) is 43.7 Å². The fourth-order valence-electron chi connectivity index (χ4n) is 1.75. The zero-order chi connectivity index (χ0) is 11.1. The van der Waals surface area contributed by atoms with E-state index >= 15 is 0 Å². The van der Waals surface area contributed by atoms with Crippen molar-refractivity contribution in [2.75, 3.05) is 32.8 Å². The van der Waals surface area contributed by atoms with Gasteiger partial charge in [0.25, 0.3) is 0 Å². The number of amides is 1. The standard InChI is InChI=1S/C11H22N2O2/c1-2-3-5-15-6-4-13-9-10(8-12)7-11(13)14/h10H,2-9,12H2,1H3. The van der Waals surface area contributed by atoms with Crippen LogP contribution in [0.3, 0.4) is 0 Å². The quantitative estimate of drug-likeness (QED) is 0.632. The second kappa shape index (κ2) is 6.80. The lowest BCUT2D eigenvalue weighted by atomic mass is 10.1. The molecule has 1 saturated heterocycles. The first kappa shape index (κ1) is 12.5. The van der Waals surface area contributed by atoms with Gasteiger partial charge in [0.1, 0.15) is 0 Å². The van der Waals surface area contributed by atoms with Crippen LogP contribution in [0.25, 0.3) is 0 Å². The average molecular weight is 214 g/mol. The Morgan fingerprint density at radius 1 is 1.53 bits per heavy atom. The third-order valence-corrected chi connectivity index (χ3v) is 2.78. The molecule has 0 aromatic heterocycles. The van der Waals surface area contributed by atoms with Gasteiger partial charge in [0.2, 0.25) is 5.91 Å². The van der Waals surface area contributed by atoms with Crippen molar-refractivity contribution in [1.82, 2.24) is 4.90 Å². The molecule has 1 unspecified atom stereocenters. The van der Waals surface area contributed by atoms with Crippen molar-refractivity contribution in [3.63, 3.8) is 0 Å². The lowest BCUT2D eigenvalue weighted by Gasteiger charge is -2.16. The molecular formula is C11H22N2O2.